The van der Waals surface area contributed by atoms with Crippen molar-refractivity contribution in [2.75, 3.05) is 26.2 Å². The summed E-state index contributed by atoms with van der Waals surface area (Å²) in [5, 5.41) is 9.03. The van der Waals surface area contributed by atoms with Crippen molar-refractivity contribution in [1.82, 2.24) is 4.90 Å². The maximum Gasteiger partial charge on any atom is 0.317 e. The molecule has 2 aliphatic rings. The second kappa shape index (κ2) is 9.24. The molecule has 1 fully saturated rings. The summed E-state index contributed by atoms with van der Waals surface area (Å²) in [6.45, 7) is 2.94. The molecule has 5 nitrogen and oxygen atoms in total. The first-order valence-corrected chi connectivity index (χ1v) is 9.98. The Kier molecular flexibility index (Phi) is 6.86. The smallest absolute Gasteiger partial charge is 0.317 e. The van der Waals surface area contributed by atoms with Crippen LogP contribution in [0.5, 0.6) is 11.5 Å². The zero-order valence-corrected chi connectivity index (χ0v) is 17.9. The Balaban J connectivity index is 0.00000272. The van der Waals surface area contributed by atoms with Crippen LogP contribution < -0.4 is 9.47 Å². The first-order chi connectivity index (χ1) is 14.4. The average molecular weight is 452 g/mol. The predicted octanol–water partition coefficient (Wildman–Crippen LogP) is 4.53. The predicted molar refractivity (Wildman–Crippen MR) is 115 cm³/mol. The number of para-hydroxylation sites is 1. The summed E-state index contributed by atoms with van der Waals surface area (Å²) in [6.07, 6.45) is 3.10. The fourth-order valence-corrected chi connectivity index (χ4v) is 4.13. The number of benzene rings is 2. The molecule has 0 unspecified atom stereocenters. The molecule has 0 radical (unpaired) electrons. The van der Waals surface area contributed by atoms with Crippen molar-refractivity contribution in [2.45, 2.75) is 25.4 Å². The molecule has 0 amide bonds. The Morgan fingerprint density at radius 3 is 2.45 bits per heavy atom. The lowest BCUT2D eigenvalue weighted by Crippen LogP contribution is -2.49. The van der Waals surface area contributed by atoms with Crippen LogP contribution in [0.2, 0.25) is 0 Å². The fraction of sp³-hybridized carbons (Fsp3) is 0.348. The van der Waals surface area contributed by atoms with E-state index in [2.05, 4.69) is 0 Å². The number of fused-ring (bicyclic) bond motifs is 1. The Morgan fingerprint density at radius 2 is 1.84 bits per heavy atom. The molecule has 1 saturated heterocycles. The third kappa shape index (κ3) is 4.67. The number of piperidine rings is 1. The molecule has 0 saturated carbocycles. The van der Waals surface area contributed by atoms with Gasteiger partial charge in [0.15, 0.2) is 17.4 Å². The highest BCUT2D eigenvalue weighted by atomic mass is 35.5. The third-order valence-electron chi connectivity index (χ3n) is 5.56. The lowest BCUT2D eigenvalue weighted by atomic mass is 9.83. The van der Waals surface area contributed by atoms with E-state index in [0.717, 1.165) is 5.56 Å². The molecule has 2 aliphatic heterocycles. The van der Waals surface area contributed by atoms with Gasteiger partial charge in [0, 0.05) is 31.5 Å². The molecule has 2 heterocycles. The third-order valence-corrected chi connectivity index (χ3v) is 5.56. The molecule has 0 aromatic heterocycles. The van der Waals surface area contributed by atoms with E-state index in [-0.39, 0.29) is 31.3 Å². The van der Waals surface area contributed by atoms with Gasteiger partial charge in [0.1, 0.15) is 11.4 Å². The number of likely N-dealkylation sites (tertiary alicyclic amines) is 1. The van der Waals surface area contributed by atoms with Crippen LogP contribution in [-0.4, -0.2) is 47.8 Å². The number of ether oxygens (including phenoxy) is 2. The molecule has 0 atom stereocenters. The largest absolute Gasteiger partial charge is 0.488 e. The summed E-state index contributed by atoms with van der Waals surface area (Å²) in [5.74, 6) is -2.09. The van der Waals surface area contributed by atoms with E-state index in [9.17, 15) is 13.6 Å². The van der Waals surface area contributed by atoms with Crippen LogP contribution in [0, 0.1) is 11.6 Å². The van der Waals surface area contributed by atoms with Gasteiger partial charge in [-0.05, 0) is 42.3 Å². The first-order valence-electron chi connectivity index (χ1n) is 9.98. The number of nitrogens with zero attached hydrogens (tertiary/aromatic N) is 1. The van der Waals surface area contributed by atoms with E-state index >= 15 is 0 Å². The second-order valence-electron chi connectivity index (χ2n) is 7.59. The zero-order chi connectivity index (χ0) is 21.3. The van der Waals surface area contributed by atoms with E-state index in [1.165, 1.54) is 12.1 Å². The molecule has 0 aliphatic carbocycles. The minimum Gasteiger partial charge on any atom is -0.488 e. The van der Waals surface area contributed by atoms with Gasteiger partial charge in [-0.3, -0.25) is 9.69 Å². The topological polar surface area (TPSA) is 59.0 Å². The highest BCUT2D eigenvalue weighted by molar-refractivity contribution is 5.85. The number of hydrogen-bond donors (Lipinski definition) is 1. The molecular formula is C23H24ClF2NO4. The molecule has 0 bridgehead atoms. The van der Waals surface area contributed by atoms with Gasteiger partial charge in [-0.2, -0.15) is 0 Å². The summed E-state index contributed by atoms with van der Waals surface area (Å²) in [7, 11) is 0. The van der Waals surface area contributed by atoms with Crippen LogP contribution in [-0.2, 0) is 4.79 Å². The van der Waals surface area contributed by atoms with Crippen molar-refractivity contribution >= 4 is 23.9 Å². The lowest BCUT2D eigenvalue weighted by molar-refractivity contribution is -0.139. The van der Waals surface area contributed by atoms with Crippen LogP contribution in [0.4, 0.5) is 8.78 Å². The van der Waals surface area contributed by atoms with Crippen LogP contribution in [0.1, 0.15) is 30.9 Å². The number of aliphatic carboxylic acids is 1. The van der Waals surface area contributed by atoms with Gasteiger partial charge in [0.05, 0.1) is 13.2 Å². The molecule has 1 spiro atoms. The van der Waals surface area contributed by atoms with E-state index in [1.807, 2.05) is 35.2 Å². The normalized spacial score (nSPS) is 17.2. The number of rotatable bonds is 5. The first kappa shape index (κ1) is 23.0. The monoisotopic (exact) mass is 451 g/mol. The Hall–Kier alpha value is -2.64. The number of carboxylic acids is 1. The van der Waals surface area contributed by atoms with Gasteiger partial charge in [0.2, 0.25) is 0 Å². The molecule has 8 heteroatoms. The Morgan fingerprint density at radius 1 is 1.19 bits per heavy atom. The number of carbonyl (C=O) groups is 1. The summed E-state index contributed by atoms with van der Waals surface area (Å²) < 4.78 is 40.5. The van der Waals surface area contributed by atoms with Crippen LogP contribution in [0.3, 0.4) is 0 Å². The van der Waals surface area contributed by atoms with Crippen molar-refractivity contribution in [3.63, 3.8) is 0 Å². The SMILES string of the molecule is CCOc1c(F)cc(C2=CC3(CCN(CC(=O)O)CC3)Oc3ccccc32)cc1F.Cl. The van der Waals surface area contributed by atoms with E-state index in [4.69, 9.17) is 14.6 Å². The number of hydrogen-bond acceptors (Lipinski definition) is 4. The maximum atomic E-state index is 14.5. The van der Waals surface area contributed by atoms with Gasteiger partial charge in [-0.15, -0.1) is 12.4 Å². The summed E-state index contributed by atoms with van der Waals surface area (Å²) in [6, 6.07) is 9.98. The van der Waals surface area contributed by atoms with Gasteiger partial charge >= 0.3 is 5.97 Å². The molecular weight excluding hydrogens is 428 g/mol. The van der Waals surface area contributed by atoms with Crippen molar-refractivity contribution in [3.05, 3.63) is 65.2 Å². The highest BCUT2D eigenvalue weighted by Crippen LogP contribution is 2.44. The zero-order valence-electron chi connectivity index (χ0n) is 17.1. The van der Waals surface area contributed by atoms with Gasteiger partial charge in [-0.25, -0.2) is 8.78 Å². The quantitative estimate of drug-likeness (QED) is 0.723. The summed E-state index contributed by atoms with van der Waals surface area (Å²) >= 11 is 0. The van der Waals surface area contributed by atoms with Crippen LogP contribution >= 0.6 is 12.4 Å². The standard InChI is InChI=1S/C23H23F2NO4.ClH/c1-2-29-22-18(24)11-15(12-19(22)25)17-13-23(30-20-6-4-3-5-16(17)20)7-9-26(10-8-23)14-21(27)28;/h3-6,11-13H,2,7-10,14H2,1H3,(H,27,28);1H. The van der Waals surface area contributed by atoms with E-state index in [0.29, 0.717) is 42.8 Å². The van der Waals surface area contributed by atoms with Crippen molar-refractivity contribution in [2.24, 2.45) is 0 Å². The van der Waals surface area contributed by atoms with E-state index in [1.54, 1.807) is 6.92 Å². The van der Waals surface area contributed by atoms with Crippen LogP contribution in [0.25, 0.3) is 5.57 Å². The highest BCUT2D eigenvalue weighted by Gasteiger charge is 2.39. The molecule has 31 heavy (non-hydrogen) atoms. The number of carboxylic acid groups (broad SMARTS) is 1. The molecule has 166 valence electrons. The maximum absolute atomic E-state index is 14.5. The average Bonchev–Trinajstić information content (AvgIpc) is 2.71. The molecule has 2 aromatic carbocycles. The molecule has 2 aromatic rings. The minimum atomic E-state index is -0.863. The fourth-order valence-electron chi connectivity index (χ4n) is 4.13. The molecule has 4 rings (SSSR count). The van der Waals surface area contributed by atoms with Gasteiger partial charge in [0.25, 0.3) is 0 Å². The van der Waals surface area contributed by atoms with Gasteiger partial charge < -0.3 is 14.6 Å². The molecule has 1 N–H and O–H groups in total. The summed E-state index contributed by atoms with van der Waals surface area (Å²) in [5.41, 5.74) is 1.23. The van der Waals surface area contributed by atoms with E-state index < -0.39 is 23.2 Å². The van der Waals surface area contributed by atoms with Crippen LogP contribution in [0.15, 0.2) is 42.5 Å². The van der Waals surface area contributed by atoms with Gasteiger partial charge in [-0.1, -0.05) is 18.2 Å². The van der Waals surface area contributed by atoms with Crippen molar-refractivity contribution in [1.29, 1.82) is 0 Å². The van der Waals surface area contributed by atoms with Crippen molar-refractivity contribution in [3.8, 4) is 11.5 Å². The Bertz CT molecular complexity index is 980. The summed E-state index contributed by atoms with van der Waals surface area (Å²) in [4.78, 5) is 12.9. The second-order valence-corrected chi connectivity index (χ2v) is 7.59. The van der Waals surface area contributed by atoms with Crippen molar-refractivity contribution < 1.29 is 28.2 Å². The lowest BCUT2D eigenvalue weighted by Gasteiger charge is -2.42. The minimum absolute atomic E-state index is 0. The number of halogens is 3. The Labute approximate surface area is 185 Å².